The molecule has 2 aromatic heterocycles. The van der Waals surface area contributed by atoms with Crippen LogP contribution in [-0.4, -0.2) is 19.1 Å². The third-order valence-electron chi connectivity index (χ3n) is 11.2. The molecule has 0 bridgehead atoms. The molecule has 11 aromatic rings. The van der Waals surface area contributed by atoms with E-state index >= 15 is 0 Å². The van der Waals surface area contributed by atoms with Crippen molar-refractivity contribution < 1.29 is 0 Å². The molecule has 1 nitrogen and oxygen atoms in total. The fraction of sp³-hybridized carbons (Fsp3) is 0. The Labute approximate surface area is 332 Å². The molecule has 0 unspecified atom stereocenters. The van der Waals surface area contributed by atoms with Gasteiger partial charge < -0.3 is 0 Å². The zero-order valence-corrected chi connectivity index (χ0v) is 32.3. The molecule has 0 spiro atoms. The van der Waals surface area contributed by atoms with Crippen LogP contribution in [-0.2, 0) is 0 Å². The standard InChI is InChI=1S/C54H35NSe/c1-3-13-36(14-4-1)38-25-27-39(28-26-38)42-31-43(33-44(32-42)46-21-12-22-49-48-20-8-10-24-53(48)56-54(46)49)41-29-30-52-50(35-41)47-19-7-9-23-51(47)55(52)45-18-11-17-40(34-45)37-15-5-2-6-16-37/h1-35H. The van der Waals surface area contributed by atoms with E-state index in [9.17, 15) is 0 Å². The average molecular weight is 777 g/mol. The summed E-state index contributed by atoms with van der Waals surface area (Å²) in [6.07, 6.45) is 0. The number of hydrogen-bond donors (Lipinski definition) is 0. The maximum atomic E-state index is 2.42. The van der Waals surface area contributed by atoms with E-state index in [1.165, 1.54) is 96.7 Å². The molecule has 0 amide bonds. The van der Waals surface area contributed by atoms with E-state index in [1.807, 2.05) is 0 Å². The van der Waals surface area contributed by atoms with Gasteiger partial charge in [0.15, 0.2) is 0 Å². The van der Waals surface area contributed by atoms with E-state index in [4.69, 9.17) is 0 Å². The first-order valence-electron chi connectivity index (χ1n) is 19.2. The van der Waals surface area contributed by atoms with Gasteiger partial charge in [0.1, 0.15) is 0 Å². The summed E-state index contributed by atoms with van der Waals surface area (Å²) < 4.78 is 5.36. The van der Waals surface area contributed by atoms with Crippen LogP contribution in [0.15, 0.2) is 212 Å². The number of benzene rings is 9. The summed E-state index contributed by atoms with van der Waals surface area (Å²) in [5.41, 5.74) is 15.9. The van der Waals surface area contributed by atoms with Crippen LogP contribution in [0.3, 0.4) is 0 Å². The van der Waals surface area contributed by atoms with Crippen molar-refractivity contribution in [3.05, 3.63) is 212 Å². The SMILES string of the molecule is c1ccc(-c2ccc(-c3cc(-c4ccc5c(c4)c4ccccc4n5-c4cccc(-c5ccccc5)c4)cc(-c4cccc5c4[se]c4ccccc45)c3)cc2)cc1. The first kappa shape index (κ1) is 32.7. The van der Waals surface area contributed by atoms with Crippen molar-refractivity contribution in [1.82, 2.24) is 4.57 Å². The van der Waals surface area contributed by atoms with Crippen molar-refractivity contribution in [2.45, 2.75) is 0 Å². The molecule has 262 valence electrons. The molecule has 56 heavy (non-hydrogen) atoms. The number of aromatic nitrogens is 1. The number of rotatable bonds is 6. The predicted octanol–water partition coefficient (Wildman–Crippen LogP) is 14.5. The minimum absolute atomic E-state index is 0.245. The molecule has 0 radical (unpaired) electrons. The van der Waals surface area contributed by atoms with Crippen LogP contribution in [0.4, 0.5) is 0 Å². The summed E-state index contributed by atoms with van der Waals surface area (Å²) in [7, 11) is 0. The van der Waals surface area contributed by atoms with Crippen molar-refractivity contribution >= 4 is 55.6 Å². The fourth-order valence-electron chi connectivity index (χ4n) is 8.46. The molecule has 2 heteroatoms. The first-order chi connectivity index (χ1) is 27.7. The summed E-state index contributed by atoms with van der Waals surface area (Å²) in [4.78, 5) is 0. The first-order valence-corrected chi connectivity index (χ1v) is 20.9. The Morgan fingerprint density at radius 2 is 0.804 bits per heavy atom. The molecule has 0 aliphatic heterocycles. The van der Waals surface area contributed by atoms with E-state index in [-0.39, 0.29) is 14.5 Å². The second-order valence-electron chi connectivity index (χ2n) is 14.5. The van der Waals surface area contributed by atoms with Gasteiger partial charge in [-0.15, -0.1) is 0 Å². The molecule has 0 aliphatic carbocycles. The molecule has 0 atom stereocenters. The van der Waals surface area contributed by atoms with Crippen LogP contribution in [0, 0.1) is 0 Å². The van der Waals surface area contributed by atoms with Gasteiger partial charge >= 0.3 is 274 Å². The number of nitrogens with zero attached hydrogens (tertiary/aromatic N) is 1. The molecular formula is C54H35NSe. The molecule has 0 saturated heterocycles. The van der Waals surface area contributed by atoms with Crippen LogP contribution in [0.2, 0.25) is 0 Å². The van der Waals surface area contributed by atoms with Gasteiger partial charge in [0.25, 0.3) is 0 Å². The third kappa shape index (κ3) is 5.62. The second-order valence-corrected chi connectivity index (χ2v) is 16.7. The zero-order valence-electron chi connectivity index (χ0n) is 30.6. The zero-order chi connectivity index (χ0) is 37.0. The van der Waals surface area contributed by atoms with Gasteiger partial charge in [0, 0.05) is 0 Å². The van der Waals surface area contributed by atoms with Crippen molar-refractivity contribution in [1.29, 1.82) is 0 Å². The quantitative estimate of drug-likeness (QED) is 0.148. The summed E-state index contributed by atoms with van der Waals surface area (Å²) in [6.45, 7) is 0. The average Bonchev–Trinajstić information content (AvgIpc) is 3.83. The van der Waals surface area contributed by atoms with Gasteiger partial charge in [-0.1, -0.05) is 48.5 Å². The van der Waals surface area contributed by atoms with E-state index in [2.05, 4.69) is 217 Å². The van der Waals surface area contributed by atoms with Gasteiger partial charge in [0.2, 0.25) is 0 Å². The molecule has 9 aromatic carbocycles. The Morgan fingerprint density at radius 1 is 0.286 bits per heavy atom. The van der Waals surface area contributed by atoms with E-state index in [1.54, 1.807) is 0 Å². The molecule has 0 aliphatic rings. The van der Waals surface area contributed by atoms with Crippen LogP contribution in [0.25, 0.3) is 102 Å². The monoisotopic (exact) mass is 777 g/mol. The van der Waals surface area contributed by atoms with Crippen LogP contribution < -0.4 is 0 Å². The summed E-state index contributed by atoms with van der Waals surface area (Å²) in [5, 5.41) is 5.27. The predicted molar refractivity (Wildman–Crippen MR) is 240 cm³/mol. The Balaban J connectivity index is 1.10. The Hall–Kier alpha value is -6.70. The van der Waals surface area contributed by atoms with Crippen LogP contribution in [0.5, 0.6) is 0 Å². The fourth-order valence-corrected chi connectivity index (χ4v) is 11.1. The number of hydrogen-bond acceptors (Lipinski definition) is 0. The molecule has 11 rings (SSSR count). The summed E-state index contributed by atoms with van der Waals surface area (Å²) in [6, 6.07) is 78.1. The maximum absolute atomic E-state index is 2.42. The topological polar surface area (TPSA) is 4.93 Å². The van der Waals surface area contributed by atoms with Gasteiger partial charge in [-0.25, -0.2) is 0 Å². The summed E-state index contributed by atoms with van der Waals surface area (Å²) in [5.74, 6) is 0. The Bertz CT molecular complexity index is 3220. The van der Waals surface area contributed by atoms with Gasteiger partial charge in [0.05, 0.1) is 0 Å². The second kappa shape index (κ2) is 13.6. The van der Waals surface area contributed by atoms with Gasteiger partial charge in [-0.05, 0) is 11.1 Å². The molecule has 0 saturated carbocycles. The van der Waals surface area contributed by atoms with Crippen molar-refractivity contribution in [3.63, 3.8) is 0 Å². The minimum atomic E-state index is 0.245. The molecule has 0 fully saturated rings. The van der Waals surface area contributed by atoms with Crippen LogP contribution in [0.1, 0.15) is 0 Å². The van der Waals surface area contributed by atoms with Gasteiger partial charge in [-0.3, -0.25) is 0 Å². The molecule has 0 N–H and O–H groups in total. The van der Waals surface area contributed by atoms with Crippen molar-refractivity contribution in [3.8, 4) is 61.3 Å². The third-order valence-corrected chi connectivity index (χ3v) is 13.8. The van der Waals surface area contributed by atoms with Crippen LogP contribution >= 0.6 is 0 Å². The molecule has 2 heterocycles. The van der Waals surface area contributed by atoms with E-state index < -0.39 is 0 Å². The van der Waals surface area contributed by atoms with Gasteiger partial charge in [-0.2, -0.15) is 0 Å². The van der Waals surface area contributed by atoms with Crippen molar-refractivity contribution in [2.75, 3.05) is 0 Å². The van der Waals surface area contributed by atoms with E-state index in [0.717, 1.165) is 5.69 Å². The normalized spacial score (nSPS) is 11.6. The van der Waals surface area contributed by atoms with Crippen molar-refractivity contribution in [2.24, 2.45) is 0 Å². The summed E-state index contributed by atoms with van der Waals surface area (Å²) >= 11 is 0.245. The molecular weight excluding hydrogens is 742 g/mol. The number of fused-ring (bicyclic) bond motifs is 6. The Morgan fingerprint density at radius 3 is 1.59 bits per heavy atom. The number of para-hydroxylation sites is 1. The van der Waals surface area contributed by atoms with E-state index in [0.29, 0.717) is 0 Å². The Kier molecular flexibility index (Phi) is 7.91.